The van der Waals surface area contributed by atoms with Crippen LogP contribution >= 0.6 is 15.9 Å². The van der Waals surface area contributed by atoms with Crippen molar-refractivity contribution < 1.29 is 4.79 Å². The molecule has 5 N–H and O–H groups in total. The zero-order valence-corrected chi connectivity index (χ0v) is 9.88. The molecule has 0 aliphatic carbocycles. The summed E-state index contributed by atoms with van der Waals surface area (Å²) in [7, 11) is 0. The first-order chi connectivity index (χ1) is 7.15. The first-order valence-corrected chi connectivity index (χ1v) is 5.47. The number of benzene rings is 1. The van der Waals surface area contributed by atoms with Gasteiger partial charge >= 0.3 is 0 Å². The van der Waals surface area contributed by atoms with Crippen molar-refractivity contribution in [2.45, 2.75) is 6.42 Å². The van der Waals surface area contributed by atoms with Gasteiger partial charge in [-0.15, -0.1) is 0 Å². The molecule has 0 saturated carbocycles. The Morgan fingerprint density at radius 2 is 2.20 bits per heavy atom. The minimum atomic E-state index is -0.433. The van der Waals surface area contributed by atoms with Crippen molar-refractivity contribution in [3.05, 3.63) is 28.2 Å². The highest BCUT2D eigenvalue weighted by atomic mass is 79.9. The van der Waals surface area contributed by atoms with E-state index in [0.717, 1.165) is 23.1 Å². The summed E-state index contributed by atoms with van der Waals surface area (Å²) in [5.41, 5.74) is 11.9. The molecule has 0 fully saturated rings. The van der Waals surface area contributed by atoms with Gasteiger partial charge in [0.05, 0.1) is 5.56 Å². The molecule has 0 bridgehead atoms. The molecule has 0 radical (unpaired) electrons. The van der Waals surface area contributed by atoms with Crippen LogP contribution in [0.3, 0.4) is 0 Å². The third kappa shape index (κ3) is 3.53. The van der Waals surface area contributed by atoms with Crippen LogP contribution in [0, 0.1) is 0 Å². The Labute approximate surface area is 97.1 Å². The number of nitrogens with one attached hydrogen (secondary N) is 1. The minimum Gasteiger partial charge on any atom is -0.384 e. The normalized spacial score (nSPS) is 10.0. The first-order valence-electron chi connectivity index (χ1n) is 4.68. The molecule has 0 aliphatic heterocycles. The van der Waals surface area contributed by atoms with Crippen molar-refractivity contribution in [1.29, 1.82) is 0 Å². The maximum atomic E-state index is 11.1. The van der Waals surface area contributed by atoms with Crippen LogP contribution in [0.5, 0.6) is 0 Å². The molecule has 5 heteroatoms. The van der Waals surface area contributed by atoms with Gasteiger partial charge < -0.3 is 16.8 Å². The average Bonchev–Trinajstić information content (AvgIpc) is 2.18. The van der Waals surface area contributed by atoms with Crippen LogP contribution < -0.4 is 16.8 Å². The number of amides is 1. The number of hydrogen-bond acceptors (Lipinski definition) is 3. The fraction of sp³-hybridized carbons (Fsp3) is 0.300. The van der Waals surface area contributed by atoms with Crippen LogP contribution in [0.2, 0.25) is 0 Å². The molecule has 0 atom stereocenters. The van der Waals surface area contributed by atoms with Crippen molar-refractivity contribution >= 4 is 27.5 Å². The van der Waals surface area contributed by atoms with Gasteiger partial charge in [-0.05, 0) is 31.2 Å². The number of anilines is 1. The molecule has 82 valence electrons. The van der Waals surface area contributed by atoms with Gasteiger partial charge in [-0.1, -0.05) is 15.9 Å². The summed E-state index contributed by atoms with van der Waals surface area (Å²) in [4.78, 5) is 11.1. The molecule has 0 aromatic heterocycles. The van der Waals surface area contributed by atoms with Gasteiger partial charge in [0.1, 0.15) is 0 Å². The van der Waals surface area contributed by atoms with E-state index in [0.29, 0.717) is 12.1 Å². The molecule has 0 aliphatic rings. The average molecular weight is 272 g/mol. The summed E-state index contributed by atoms with van der Waals surface area (Å²) in [6.07, 6.45) is 0.852. The molecule has 15 heavy (non-hydrogen) atoms. The van der Waals surface area contributed by atoms with Crippen molar-refractivity contribution in [3.8, 4) is 0 Å². The third-order valence-corrected chi connectivity index (χ3v) is 2.44. The van der Waals surface area contributed by atoms with Crippen LogP contribution in [0.1, 0.15) is 16.8 Å². The lowest BCUT2D eigenvalue weighted by atomic mass is 10.1. The van der Waals surface area contributed by atoms with Crippen molar-refractivity contribution in [2.75, 3.05) is 18.4 Å². The number of halogens is 1. The lowest BCUT2D eigenvalue weighted by Crippen LogP contribution is -2.16. The van der Waals surface area contributed by atoms with Crippen LogP contribution in [-0.4, -0.2) is 19.0 Å². The van der Waals surface area contributed by atoms with E-state index >= 15 is 0 Å². The molecule has 0 spiro atoms. The van der Waals surface area contributed by atoms with E-state index in [9.17, 15) is 4.79 Å². The van der Waals surface area contributed by atoms with Gasteiger partial charge in [-0.2, -0.15) is 0 Å². The first kappa shape index (κ1) is 12.0. The summed E-state index contributed by atoms with van der Waals surface area (Å²) in [5, 5.41) is 3.13. The number of rotatable bonds is 5. The van der Waals surface area contributed by atoms with Crippen LogP contribution in [0.25, 0.3) is 0 Å². The number of primary amides is 1. The number of hydrogen-bond donors (Lipinski definition) is 3. The summed E-state index contributed by atoms with van der Waals surface area (Å²) >= 11 is 3.34. The Morgan fingerprint density at radius 1 is 1.47 bits per heavy atom. The fourth-order valence-electron chi connectivity index (χ4n) is 1.20. The van der Waals surface area contributed by atoms with Gasteiger partial charge in [0.2, 0.25) is 0 Å². The zero-order chi connectivity index (χ0) is 11.3. The van der Waals surface area contributed by atoms with Crippen LogP contribution in [0.4, 0.5) is 5.69 Å². The highest BCUT2D eigenvalue weighted by Gasteiger charge is 2.07. The highest BCUT2D eigenvalue weighted by molar-refractivity contribution is 9.10. The topological polar surface area (TPSA) is 81.1 Å². The number of nitrogens with two attached hydrogens (primary N) is 2. The van der Waals surface area contributed by atoms with Gasteiger partial charge in [0, 0.05) is 16.7 Å². The predicted octanol–water partition coefficient (Wildman–Crippen LogP) is 1.31. The second kappa shape index (κ2) is 5.72. The monoisotopic (exact) mass is 271 g/mol. The standard InChI is InChI=1S/C10H14BrN3O/c11-7-2-3-8(10(13)15)9(6-7)14-5-1-4-12/h2-3,6,14H,1,4-5,12H2,(H2,13,15). The van der Waals surface area contributed by atoms with Gasteiger partial charge in [-0.25, -0.2) is 0 Å². The molecule has 1 aromatic carbocycles. The third-order valence-electron chi connectivity index (χ3n) is 1.94. The Morgan fingerprint density at radius 3 is 2.80 bits per heavy atom. The second-order valence-corrected chi connectivity index (χ2v) is 4.04. The Kier molecular flexibility index (Phi) is 4.58. The van der Waals surface area contributed by atoms with Crippen molar-refractivity contribution in [1.82, 2.24) is 0 Å². The lowest BCUT2D eigenvalue weighted by Gasteiger charge is -2.09. The van der Waals surface area contributed by atoms with Gasteiger partial charge in [-0.3, -0.25) is 4.79 Å². The number of carbonyl (C=O) groups is 1. The molecule has 1 rings (SSSR count). The molecule has 0 unspecified atom stereocenters. The van der Waals surface area contributed by atoms with Gasteiger partial charge in [0.25, 0.3) is 5.91 Å². The Balaban J connectivity index is 2.82. The fourth-order valence-corrected chi connectivity index (χ4v) is 1.56. The SMILES string of the molecule is NCCCNc1cc(Br)ccc1C(N)=O. The molecular weight excluding hydrogens is 258 g/mol. The quantitative estimate of drug-likeness (QED) is 0.707. The Hall–Kier alpha value is -1.07. The van der Waals surface area contributed by atoms with Crippen LogP contribution in [0.15, 0.2) is 22.7 Å². The second-order valence-electron chi connectivity index (χ2n) is 3.12. The van der Waals surface area contributed by atoms with E-state index in [2.05, 4.69) is 21.2 Å². The molecular formula is C10H14BrN3O. The van der Waals surface area contributed by atoms with E-state index in [1.807, 2.05) is 6.07 Å². The zero-order valence-electron chi connectivity index (χ0n) is 8.29. The molecule has 4 nitrogen and oxygen atoms in total. The van der Waals surface area contributed by atoms with E-state index in [4.69, 9.17) is 11.5 Å². The Bertz CT molecular complexity index is 355. The van der Waals surface area contributed by atoms with Crippen molar-refractivity contribution in [2.24, 2.45) is 11.5 Å². The highest BCUT2D eigenvalue weighted by Crippen LogP contribution is 2.20. The summed E-state index contributed by atoms with van der Waals surface area (Å²) < 4.78 is 0.905. The maximum absolute atomic E-state index is 11.1. The van der Waals surface area contributed by atoms with Gasteiger partial charge in [0.15, 0.2) is 0 Å². The summed E-state index contributed by atoms with van der Waals surface area (Å²) in [6.45, 7) is 1.35. The predicted molar refractivity (Wildman–Crippen MR) is 64.8 cm³/mol. The van der Waals surface area contributed by atoms with Crippen LogP contribution in [-0.2, 0) is 0 Å². The minimum absolute atomic E-state index is 0.433. The summed E-state index contributed by atoms with van der Waals surface area (Å²) in [5.74, 6) is -0.433. The molecule has 0 saturated heterocycles. The van der Waals surface area contributed by atoms with E-state index < -0.39 is 5.91 Å². The molecule has 1 aromatic rings. The smallest absolute Gasteiger partial charge is 0.250 e. The summed E-state index contributed by atoms with van der Waals surface area (Å²) in [6, 6.07) is 5.31. The number of carbonyl (C=O) groups excluding carboxylic acids is 1. The van der Waals surface area contributed by atoms with E-state index in [1.54, 1.807) is 12.1 Å². The molecule has 1 amide bonds. The van der Waals surface area contributed by atoms with E-state index in [1.165, 1.54) is 0 Å². The maximum Gasteiger partial charge on any atom is 0.250 e. The van der Waals surface area contributed by atoms with E-state index in [-0.39, 0.29) is 0 Å². The molecule has 0 heterocycles. The lowest BCUT2D eigenvalue weighted by molar-refractivity contribution is 0.100. The largest absolute Gasteiger partial charge is 0.384 e. The van der Waals surface area contributed by atoms with Crippen molar-refractivity contribution in [3.63, 3.8) is 0 Å².